The Bertz CT molecular complexity index is 608. The summed E-state index contributed by atoms with van der Waals surface area (Å²) in [6, 6.07) is 0. The lowest BCUT2D eigenvalue weighted by Crippen LogP contribution is -2.41. The van der Waals surface area contributed by atoms with Gasteiger partial charge in [-0.25, -0.2) is 0 Å². The number of aliphatic hydroxyl groups is 1. The van der Waals surface area contributed by atoms with Crippen molar-refractivity contribution in [3.05, 3.63) is 23.5 Å². The number of fused-ring (bicyclic) bond motifs is 3. The van der Waals surface area contributed by atoms with Crippen LogP contribution in [0.1, 0.15) is 46.5 Å². The molecule has 1 aliphatic heterocycles. The average molecular weight is 379 g/mol. The molecule has 1 saturated heterocycles. The van der Waals surface area contributed by atoms with Gasteiger partial charge in [-0.05, 0) is 60.5 Å². The Morgan fingerprint density at radius 3 is 2.63 bits per heavy atom. The minimum absolute atomic E-state index is 0.00103. The largest absolute Gasteiger partial charge is 0.461 e. The number of nitrogens with zero attached hydrogens (tertiary/aromatic N) is 1. The van der Waals surface area contributed by atoms with Gasteiger partial charge in [-0.15, -0.1) is 0 Å². The molecule has 6 nitrogen and oxygen atoms in total. The summed E-state index contributed by atoms with van der Waals surface area (Å²) >= 11 is 0. The summed E-state index contributed by atoms with van der Waals surface area (Å²) in [7, 11) is 4.00. The van der Waals surface area contributed by atoms with Crippen LogP contribution in [0.2, 0.25) is 0 Å². The first-order valence-electron chi connectivity index (χ1n) is 9.69. The number of carbonyl (C=O) groups excluding carboxylic acids is 2. The fourth-order valence-corrected chi connectivity index (χ4v) is 4.76. The molecular formula is C21H33NO5. The van der Waals surface area contributed by atoms with Crippen LogP contribution in [0, 0.1) is 17.8 Å². The van der Waals surface area contributed by atoms with E-state index in [1.54, 1.807) is 13.0 Å². The van der Waals surface area contributed by atoms with Gasteiger partial charge in [-0.1, -0.05) is 17.2 Å². The quantitative estimate of drug-likeness (QED) is 0.350. The fraction of sp³-hybridized carbons (Fsp3) is 0.714. The smallest absolute Gasteiger partial charge is 0.310 e. The molecule has 0 amide bonds. The Labute approximate surface area is 162 Å². The first-order valence-corrected chi connectivity index (χ1v) is 9.69. The van der Waals surface area contributed by atoms with Crippen LogP contribution in [0.4, 0.5) is 0 Å². The number of allylic oxidation sites excluding steroid dienone is 2. The normalized spacial score (nSPS) is 35.3. The van der Waals surface area contributed by atoms with E-state index in [4.69, 9.17) is 4.74 Å². The molecule has 0 bridgehead atoms. The summed E-state index contributed by atoms with van der Waals surface area (Å²) in [5.41, 5.74) is 2.02. The molecule has 0 radical (unpaired) electrons. The summed E-state index contributed by atoms with van der Waals surface area (Å²) in [6.45, 7) is 6.98. The molecule has 3 rings (SSSR count). The van der Waals surface area contributed by atoms with Crippen molar-refractivity contribution in [2.75, 3.05) is 20.6 Å². The predicted molar refractivity (Wildman–Crippen MR) is 103 cm³/mol. The summed E-state index contributed by atoms with van der Waals surface area (Å²) in [4.78, 5) is 23.7. The van der Waals surface area contributed by atoms with E-state index in [0.717, 1.165) is 32.2 Å². The third-order valence-electron chi connectivity index (χ3n) is 6.00. The SMILES string of the molecule is C/C=C/OC=O.CC1=C2CC[C@@](C)(O)C2[C@H]2OC(=O)[C@@H](CN(C)C)[C@@H]2CC1. The Balaban J connectivity index is 0.000000380. The highest BCUT2D eigenvalue weighted by atomic mass is 16.6. The molecule has 1 N–H and O–H groups in total. The third-order valence-corrected chi connectivity index (χ3v) is 6.00. The Morgan fingerprint density at radius 2 is 2.07 bits per heavy atom. The molecule has 0 spiro atoms. The number of esters is 1. The van der Waals surface area contributed by atoms with Crippen LogP contribution in [0.25, 0.3) is 0 Å². The van der Waals surface area contributed by atoms with E-state index < -0.39 is 5.60 Å². The molecule has 1 heterocycles. The lowest BCUT2D eigenvalue weighted by atomic mass is 9.77. The van der Waals surface area contributed by atoms with Crippen LogP contribution < -0.4 is 0 Å². The van der Waals surface area contributed by atoms with Gasteiger partial charge in [-0.2, -0.15) is 0 Å². The molecular weight excluding hydrogens is 346 g/mol. The highest BCUT2D eigenvalue weighted by Crippen LogP contribution is 2.52. The van der Waals surface area contributed by atoms with Crippen molar-refractivity contribution < 1.29 is 24.2 Å². The van der Waals surface area contributed by atoms with Gasteiger partial charge in [0, 0.05) is 18.4 Å². The lowest BCUT2D eigenvalue weighted by Gasteiger charge is -2.33. The Kier molecular flexibility index (Phi) is 7.23. The Hall–Kier alpha value is -1.66. The van der Waals surface area contributed by atoms with Crippen molar-refractivity contribution in [3.63, 3.8) is 0 Å². The van der Waals surface area contributed by atoms with Gasteiger partial charge in [0.1, 0.15) is 6.10 Å². The molecule has 0 aromatic rings. The monoisotopic (exact) mass is 379 g/mol. The van der Waals surface area contributed by atoms with Crippen LogP contribution in [0.5, 0.6) is 0 Å². The molecule has 1 unspecified atom stereocenters. The topological polar surface area (TPSA) is 76.1 Å². The number of rotatable bonds is 4. The van der Waals surface area contributed by atoms with E-state index in [0.29, 0.717) is 6.47 Å². The summed E-state index contributed by atoms with van der Waals surface area (Å²) in [5, 5.41) is 10.8. The van der Waals surface area contributed by atoms with Crippen molar-refractivity contribution in [3.8, 4) is 0 Å². The molecule has 0 aromatic carbocycles. The number of ether oxygens (including phenoxy) is 2. The second kappa shape index (κ2) is 9.02. The first-order chi connectivity index (χ1) is 12.7. The van der Waals surface area contributed by atoms with Crippen molar-refractivity contribution in [2.45, 2.75) is 58.2 Å². The zero-order valence-corrected chi connectivity index (χ0v) is 17.1. The predicted octanol–water partition coefficient (Wildman–Crippen LogP) is 2.67. The van der Waals surface area contributed by atoms with E-state index in [1.165, 1.54) is 17.4 Å². The summed E-state index contributed by atoms with van der Waals surface area (Å²) < 4.78 is 9.92. The van der Waals surface area contributed by atoms with Crippen molar-refractivity contribution >= 4 is 12.4 Å². The highest BCUT2D eigenvalue weighted by molar-refractivity contribution is 5.76. The maximum Gasteiger partial charge on any atom is 0.310 e. The third kappa shape index (κ3) is 4.79. The van der Waals surface area contributed by atoms with Crippen molar-refractivity contribution in [1.29, 1.82) is 0 Å². The van der Waals surface area contributed by atoms with Crippen LogP contribution in [0.3, 0.4) is 0 Å². The second-order valence-electron chi connectivity index (χ2n) is 8.31. The van der Waals surface area contributed by atoms with Gasteiger partial charge in [0.25, 0.3) is 6.47 Å². The molecule has 2 fully saturated rings. The second-order valence-corrected chi connectivity index (χ2v) is 8.31. The van der Waals surface area contributed by atoms with Crippen LogP contribution >= 0.6 is 0 Å². The van der Waals surface area contributed by atoms with Gasteiger partial charge in [0.05, 0.1) is 17.8 Å². The van der Waals surface area contributed by atoms with Gasteiger partial charge in [0.2, 0.25) is 0 Å². The van der Waals surface area contributed by atoms with Crippen molar-refractivity contribution in [1.82, 2.24) is 4.90 Å². The molecule has 2 aliphatic carbocycles. The maximum atomic E-state index is 12.3. The van der Waals surface area contributed by atoms with E-state index in [9.17, 15) is 14.7 Å². The zero-order chi connectivity index (χ0) is 20.2. The van der Waals surface area contributed by atoms with E-state index in [-0.39, 0.29) is 29.8 Å². The number of carbonyl (C=O) groups is 2. The molecule has 0 aromatic heterocycles. The van der Waals surface area contributed by atoms with Crippen molar-refractivity contribution in [2.24, 2.45) is 17.8 Å². The first kappa shape index (κ1) is 21.6. The van der Waals surface area contributed by atoms with Crippen LogP contribution in [-0.4, -0.2) is 54.8 Å². The maximum absolute atomic E-state index is 12.3. The summed E-state index contributed by atoms with van der Waals surface area (Å²) in [6.07, 6.45) is 6.57. The number of hydrogen-bond donors (Lipinski definition) is 1. The average Bonchev–Trinajstić information content (AvgIpc) is 3.02. The lowest BCUT2D eigenvalue weighted by molar-refractivity contribution is -0.148. The molecule has 1 saturated carbocycles. The van der Waals surface area contributed by atoms with Gasteiger partial charge in [0.15, 0.2) is 0 Å². The van der Waals surface area contributed by atoms with Gasteiger partial charge >= 0.3 is 5.97 Å². The van der Waals surface area contributed by atoms with Crippen LogP contribution in [0.15, 0.2) is 23.5 Å². The fourth-order valence-electron chi connectivity index (χ4n) is 4.76. The van der Waals surface area contributed by atoms with Gasteiger partial charge in [-0.3, -0.25) is 9.59 Å². The van der Waals surface area contributed by atoms with E-state index in [2.05, 4.69) is 16.6 Å². The van der Waals surface area contributed by atoms with E-state index >= 15 is 0 Å². The molecule has 5 atom stereocenters. The molecule has 152 valence electrons. The molecule has 6 heteroatoms. The summed E-state index contributed by atoms with van der Waals surface area (Å²) in [5.74, 6) is 0.122. The molecule has 27 heavy (non-hydrogen) atoms. The van der Waals surface area contributed by atoms with E-state index in [1.807, 2.05) is 21.0 Å². The minimum atomic E-state index is -0.739. The highest BCUT2D eigenvalue weighted by Gasteiger charge is 2.56. The zero-order valence-electron chi connectivity index (χ0n) is 17.1. The minimum Gasteiger partial charge on any atom is -0.461 e. The standard InChI is InChI=1S/C17H27NO3.C4H6O2/c1-10-5-6-12-13(9-18(3)4)16(19)21-15(12)14-11(10)7-8-17(14,2)20;1-2-3-6-4-5/h12-15,20H,5-9H2,1-4H3;2-4H,1H3/b;3-2+/t12-,13-,14?,15-,17+;/m0./s1. The Morgan fingerprint density at radius 1 is 1.37 bits per heavy atom. The molecule has 3 aliphatic rings. The van der Waals surface area contributed by atoms with Gasteiger partial charge < -0.3 is 19.5 Å². The van der Waals surface area contributed by atoms with Crippen LogP contribution in [-0.2, 0) is 19.1 Å². The number of hydrogen-bond acceptors (Lipinski definition) is 6.